The van der Waals surface area contributed by atoms with E-state index in [1.165, 1.54) is 6.07 Å². The van der Waals surface area contributed by atoms with E-state index in [0.29, 0.717) is 12.3 Å². The van der Waals surface area contributed by atoms with Gasteiger partial charge in [-0.1, -0.05) is 24.3 Å². The second kappa shape index (κ2) is 8.29. The molecule has 1 fully saturated rings. The van der Waals surface area contributed by atoms with Crippen LogP contribution >= 0.6 is 0 Å². The second-order valence-corrected chi connectivity index (χ2v) is 8.20. The van der Waals surface area contributed by atoms with Gasteiger partial charge in [-0.25, -0.2) is 4.98 Å². The van der Waals surface area contributed by atoms with E-state index in [9.17, 15) is 13.2 Å². The van der Waals surface area contributed by atoms with Crippen molar-refractivity contribution in [1.82, 2.24) is 9.88 Å². The van der Waals surface area contributed by atoms with Crippen molar-refractivity contribution in [3.05, 3.63) is 53.9 Å². The number of likely N-dealkylation sites (tertiary alicyclic amines) is 1. The van der Waals surface area contributed by atoms with Gasteiger partial charge in [-0.05, 0) is 37.6 Å². The summed E-state index contributed by atoms with van der Waals surface area (Å²) in [6, 6.07) is 12.4. The first-order chi connectivity index (χ1) is 15.4. The molecule has 3 heterocycles. The summed E-state index contributed by atoms with van der Waals surface area (Å²) in [5.41, 5.74) is 1.68. The fourth-order valence-corrected chi connectivity index (χ4v) is 4.65. The van der Waals surface area contributed by atoms with Crippen LogP contribution in [0.15, 0.2) is 46.9 Å². The number of nitrogens with zero attached hydrogens (tertiary/aromatic N) is 2. The van der Waals surface area contributed by atoms with Crippen LogP contribution in [-0.2, 0) is 10.9 Å². The van der Waals surface area contributed by atoms with Gasteiger partial charge in [0.05, 0.1) is 23.9 Å². The molecule has 2 aliphatic heterocycles. The number of alkyl halides is 3. The molecule has 32 heavy (non-hydrogen) atoms. The van der Waals surface area contributed by atoms with E-state index < -0.39 is 12.1 Å². The third-order valence-electron chi connectivity index (χ3n) is 6.23. The molecule has 3 unspecified atom stereocenters. The smallest absolute Gasteiger partial charge is 0.468 e. The van der Waals surface area contributed by atoms with E-state index in [-0.39, 0.29) is 29.3 Å². The number of ether oxygens (including phenoxy) is 2. The maximum Gasteiger partial charge on any atom is 0.468 e. The Labute approximate surface area is 183 Å². The van der Waals surface area contributed by atoms with Crippen molar-refractivity contribution in [2.45, 2.75) is 37.2 Å². The van der Waals surface area contributed by atoms with Crippen molar-refractivity contribution in [3.63, 3.8) is 0 Å². The lowest BCUT2D eigenvalue weighted by molar-refractivity contribution is -0.156. The van der Waals surface area contributed by atoms with Gasteiger partial charge in [0.15, 0.2) is 5.58 Å². The Morgan fingerprint density at radius 2 is 2.00 bits per heavy atom. The minimum Gasteiger partial charge on any atom is -0.491 e. The molecule has 1 aromatic heterocycles. The first-order valence-electron chi connectivity index (χ1n) is 10.7. The Balaban J connectivity index is 1.52. The fraction of sp³-hybridized carbons (Fsp3) is 0.435. The highest BCUT2D eigenvalue weighted by atomic mass is 19.4. The average molecular weight is 447 g/mol. The number of piperidine rings is 1. The van der Waals surface area contributed by atoms with Gasteiger partial charge in [-0.15, -0.1) is 0 Å². The summed E-state index contributed by atoms with van der Waals surface area (Å²) in [7, 11) is 1.72. The summed E-state index contributed by atoms with van der Waals surface area (Å²) in [6.45, 7) is 2.14. The standard InChI is InChI=1S/C23H24F3N3O3/c1-30-14-6-5-11-29(12-14)18-13-31-19-10-3-2-7-15(19)20(18)27-16-8-4-9-17-21(16)32-22(28-17)23(24,25)26/h2-4,7-10,14,18,20,27H,5-6,11-13H2,1H3. The minimum atomic E-state index is -4.65. The quantitative estimate of drug-likeness (QED) is 0.616. The molecule has 0 bridgehead atoms. The third kappa shape index (κ3) is 3.91. The van der Waals surface area contributed by atoms with Crippen LogP contribution in [0.2, 0.25) is 0 Å². The van der Waals surface area contributed by atoms with Gasteiger partial charge in [-0.2, -0.15) is 13.2 Å². The molecular formula is C23H24F3N3O3. The molecular weight excluding hydrogens is 423 g/mol. The molecule has 0 saturated carbocycles. The van der Waals surface area contributed by atoms with Gasteiger partial charge in [0, 0.05) is 19.2 Å². The first kappa shape index (κ1) is 21.1. The number of oxazole rings is 1. The summed E-state index contributed by atoms with van der Waals surface area (Å²) >= 11 is 0. The van der Waals surface area contributed by atoms with Crippen LogP contribution in [0.4, 0.5) is 18.9 Å². The molecule has 170 valence electrons. The van der Waals surface area contributed by atoms with E-state index in [0.717, 1.165) is 37.2 Å². The minimum absolute atomic E-state index is 0.0249. The number of anilines is 1. The van der Waals surface area contributed by atoms with E-state index in [1.807, 2.05) is 24.3 Å². The second-order valence-electron chi connectivity index (χ2n) is 8.20. The lowest BCUT2D eigenvalue weighted by atomic mass is 9.92. The lowest BCUT2D eigenvalue weighted by Crippen LogP contribution is -2.53. The SMILES string of the molecule is COC1CCCN(C2COc3ccccc3C2Nc2cccc3nc(C(F)(F)F)oc23)C1. The lowest BCUT2D eigenvalue weighted by Gasteiger charge is -2.44. The molecule has 9 heteroatoms. The van der Waals surface area contributed by atoms with Crippen molar-refractivity contribution in [2.24, 2.45) is 0 Å². The van der Waals surface area contributed by atoms with Gasteiger partial charge in [-0.3, -0.25) is 4.90 Å². The monoisotopic (exact) mass is 447 g/mol. The number of rotatable bonds is 4. The van der Waals surface area contributed by atoms with E-state index in [2.05, 4.69) is 15.2 Å². The number of benzene rings is 2. The summed E-state index contributed by atoms with van der Waals surface area (Å²) in [5.74, 6) is -0.480. The van der Waals surface area contributed by atoms with E-state index in [4.69, 9.17) is 13.9 Å². The number of hydrogen-bond acceptors (Lipinski definition) is 6. The number of halogens is 3. The normalized spacial score (nSPS) is 24.2. The summed E-state index contributed by atoms with van der Waals surface area (Å²) < 4.78 is 56.3. The van der Waals surface area contributed by atoms with Crippen molar-refractivity contribution in [3.8, 4) is 5.75 Å². The van der Waals surface area contributed by atoms with E-state index in [1.54, 1.807) is 19.2 Å². The highest BCUT2D eigenvalue weighted by Crippen LogP contribution is 2.40. The zero-order valence-corrected chi connectivity index (χ0v) is 17.6. The molecule has 1 N–H and O–H groups in total. The molecule has 6 nitrogen and oxygen atoms in total. The molecule has 5 rings (SSSR count). The zero-order valence-electron chi connectivity index (χ0n) is 17.6. The highest BCUT2D eigenvalue weighted by Gasteiger charge is 2.39. The van der Waals surface area contributed by atoms with Crippen LogP contribution in [0, 0.1) is 0 Å². The number of para-hydroxylation sites is 2. The maximum atomic E-state index is 13.2. The maximum absolute atomic E-state index is 13.2. The van der Waals surface area contributed by atoms with Crippen LogP contribution in [0.5, 0.6) is 5.75 Å². The van der Waals surface area contributed by atoms with Gasteiger partial charge < -0.3 is 19.2 Å². The van der Waals surface area contributed by atoms with Crippen LogP contribution in [-0.4, -0.2) is 48.8 Å². The zero-order chi connectivity index (χ0) is 22.3. The molecule has 3 atom stereocenters. The Hall–Kier alpha value is -2.78. The molecule has 0 aliphatic carbocycles. The molecule has 0 spiro atoms. The van der Waals surface area contributed by atoms with Gasteiger partial charge in [0.25, 0.3) is 0 Å². The Kier molecular flexibility index (Phi) is 5.46. The number of aromatic nitrogens is 1. The first-order valence-corrected chi connectivity index (χ1v) is 10.7. The summed E-state index contributed by atoms with van der Waals surface area (Å²) in [4.78, 5) is 5.97. The number of hydrogen-bond donors (Lipinski definition) is 1. The predicted molar refractivity (Wildman–Crippen MR) is 113 cm³/mol. The van der Waals surface area contributed by atoms with Crippen LogP contribution < -0.4 is 10.1 Å². The van der Waals surface area contributed by atoms with Crippen molar-refractivity contribution < 1.29 is 27.1 Å². The summed E-state index contributed by atoms with van der Waals surface area (Å²) in [6.07, 6.45) is -2.48. The van der Waals surface area contributed by atoms with Crippen LogP contribution in [0.3, 0.4) is 0 Å². The fourth-order valence-electron chi connectivity index (χ4n) is 4.65. The average Bonchev–Trinajstić information content (AvgIpc) is 3.25. The number of methoxy groups -OCH3 is 1. The molecule has 0 radical (unpaired) electrons. The van der Waals surface area contributed by atoms with Crippen molar-refractivity contribution in [2.75, 3.05) is 32.1 Å². The highest BCUT2D eigenvalue weighted by molar-refractivity contribution is 5.86. The molecule has 2 aromatic carbocycles. The number of fused-ring (bicyclic) bond motifs is 2. The largest absolute Gasteiger partial charge is 0.491 e. The van der Waals surface area contributed by atoms with Gasteiger partial charge in [0.1, 0.15) is 17.9 Å². The third-order valence-corrected chi connectivity index (χ3v) is 6.23. The van der Waals surface area contributed by atoms with Crippen molar-refractivity contribution in [1.29, 1.82) is 0 Å². The Morgan fingerprint density at radius 3 is 2.81 bits per heavy atom. The Bertz CT molecular complexity index is 1100. The molecule has 0 amide bonds. The topological polar surface area (TPSA) is 59.8 Å². The molecule has 2 aliphatic rings. The van der Waals surface area contributed by atoms with Gasteiger partial charge in [0.2, 0.25) is 0 Å². The summed E-state index contributed by atoms with van der Waals surface area (Å²) in [5, 5.41) is 3.46. The molecule has 3 aromatic rings. The van der Waals surface area contributed by atoms with Crippen LogP contribution in [0.1, 0.15) is 30.3 Å². The van der Waals surface area contributed by atoms with Gasteiger partial charge >= 0.3 is 12.1 Å². The molecule has 1 saturated heterocycles. The van der Waals surface area contributed by atoms with E-state index >= 15 is 0 Å². The van der Waals surface area contributed by atoms with Crippen molar-refractivity contribution >= 4 is 16.8 Å². The van der Waals surface area contributed by atoms with Crippen LogP contribution in [0.25, 0.3) is 11.1 Å². The number of nitrogens with one attached hydrogen (secondary N) is 1. The predicted octanol–water partition coefficient (Wildman–Crippen LogP) is 4.87. The Morgan fingerprint density at radius 1 is 1.16 bits per heavy atom.